The number of thiophene rings is 1. The first kappa shape index (κ1) is 21.6. The molecule has 4 aromatic rings. The van der Waals surface area contributed by atoms with Crippen LogP contribution in [-0.2, 0) is 4.74 Å². The third-order valence-electron chi connectivity index (χ3n) is 4.72. The number of fused-ring (bicyclic) bond motifs is 2. The van der Waals surface area contributed by atoms with E-state index in [1.165, 1.54) is 24.5 Å². The van der Waals surface area contributed by atoms with E-state index in [9.17, 15) is 14.4 Å². The Bertz CT molecular complexity index is 1380. The predicted octanol–water partition coefficient (Wildman–Crippen LogP) is 5.08. The average Bonchev–Trinajstić information content (AvgIpc) is 3.14. The highest BCUT2D eigenvalue weighted by Gasteiger charge is 2.22. The molecule has 1 N–H and O–H groups in total. The van der Waals surface area contributed by atoms with E-state index in [-0.39, 0.29) is 11.5 Å². The fourth-order valence-electron chi connectivity index (χ4n) is 3.19. The van der Waals surface area contributed by atoms with Gasteiger partial charge in [0.05, 0.1) is 13.7 Å². The van der Waals surface area contributed by atoms with Crippen LogP contribution in [-0.4, -0.2) is 25.6 Å². The first-order valence-electron chi connectivity index (χ1n) is 9.99. The van der Waals surface area contributed by atoms with Crippen molar-refractivity contribution < 1.29 is 23.5 Å². The normalized spacial score (nSPS) is 11.1. The molecule has 0 radical (unpaired) electrons. The van der Waals surface area contributed by atoms with Crippen molar-refractivity contribution in [2.24, 2.45) is 5.92 Å². The minimum absolute atomic E-state index is 0.0966. The maximum Gasteiger partial charge on any atom is 0.351 e. The number of benzene rings is 2. The van der Waals surface area contributed by atoms with E-state index in [4.69, 9.17) is 13.9 Å². The number of ether oxygens (including phenoxy) is 2. The first-order valence-corrected chi connectivity index (χ1v) is 10.8. The SMILES string of the molecule is COC(=O)c1sc2ccc(NC(=O)c3cc4ccccc4oc3=O)cc2c1OCC(C)C. The first-order chi connectivity index (χ1) is 15.4. The largest absolute Gasteiger partial charge is 0.491 e. The van der Waals surface area contributed by atoms with E-state index in [1.807, 2.05) is 13.8 Å². The van der Waals surface area contributed by atoms with Crippen molar-refractivity contribution in [2.45, 2.75) is 13.8 Å². The van der Waals surface area contributed by atoms with Gasteiger partial charge in [-0.1, -0.05) is 32.0 Å². The maximum atomic E-state index is 12.8. The Morgan fingerprint density at radius 3 is 2.66 bits per heavy atom. The molecule has 32 heavy (non-hydrogen) atoms. The van der Waals surface area contributed by atoms with Crippen molar-refractivity contribution in [3.63, 3.8) is 0 Å². The molecule has 7 nitrogen and oxygen atoms in total. The van der Waals surface area contributed by atoms with Crippen molar-refractivity contribution in [1.82, 2.24) is 0 Å². The van der Waals surface area contributed by atoms with Crippen LogP contribution in [0.25, 0.3) is 21.1 Å². The van der Waals surface area contributed by atoms with Crippen molar-refractivity contribution in [2.75, 3.05) is 19.0 Å². The smallest absolute Gasteiger partial charge is 0.351 e. The van der Waals surface area contributed by atoms with Crippen LogP contribution in [0.4, 0.5) is 5.69 Å². The highest BCUT2D eigenvalue weighted by Crippen LogP contribution is 2.40. The lowest BCUT2D eigenvalue weighted by Gasteiger charge is -2.10. The van der Waals surface area contributed by atoms with Crippen LogP contribution in [0.3, 0.4) is 0 Å². The number of carbonyl (C=O) groups excluding carboxylic acids is 2. The molecule has 2 aromatic heterocycles. The molecule has 0 aliphatic heterocycles. The van der Waals surface area contributed by atoms with Crippen LogP contribution in [0, 0.1) is 5.92 Å². The van der Waals surface area contributed by atoms with Gasteiger partial charge in [0.25, 0.3) is 5.91 Å². The summed E-state index contributed by atoms with van der Waals surface area (Å²) < 4.78 is 16.9. The Hall–Kier alpha value is -3.65. The van der Waals surface area contributed by atoms with Gasteiger partial charge < -0.3 is 19.2 Å². The van der Waals surface area contributed by atoms with Gasteiger partial charge in [-0.15, -0.1) is 11.3 Å². The molecule has 0 aliphatic carbocycles. The average molecular weight is 452 g/mol. The molecule has 0 bridgehead atoms. The molecular weight excluding hydrogens is 430 g/mol. The van der Waals surface area contributed by atoms with Gasteiger partial charge in [0.1, 0.15) is 11.1 Å². The molecule has 0 saturated heterocycles. The molecule has 0 saturated carbocycles. The highest BCUT2D eigenvalue weighted by atomic mass is 32.1. The van der Waals surface area contributed by atoms with Gasteiger partial charge in [0, 0.05) is 21.2 Å². The van der Waals surface area contributed by atoms with Crippen molar-refractivity contribution in [3.8, 4) is 5.75 Å². The number of methoxy groups -OCH3 is 1. The van der Waals surface area contributed by atoms with Gasteiger partial charge in [-0.2, -0.15) is 0 Å². The monoisotopic (exact) mass is 451 g/mol. The lowest BCUT2D eigenvalue weighted by atomic mass is 10.1. The number of amides is 1. The van der Waals surface area contributed by atoms with Gasteiger partial charge in [0.2, 0.25) is 0 Å². The van der Waals surface area contributed by atoms with E-state index >= 15 is 0 Å². The molecule has 2 heterocycles. The standard InChI is InChI=1S/C24H21NO6S/c1-13(2)12-30-20-16-11-15(8-9-19(16)32-21(20)24(28)29-3)25-22(26)17-10-14-6-4-5-7-18(14)31-23(17)27/h4-11,13H,12H2,1-3H3,(H,25,26). The van der Waals surface area contributed by atoms with Gasteiger partial charge in [-0.25, -0.2) is 9.59 Å². The van der Waals surface area contributed by atoms with E-state index in [0.717, 1.165) is 4.70 Å². The Kier molecular flexibility index (Phi) is 5.96. The third kappa shape index (κ3) is 4.22. The van der Waals surface area contributed by atoms with E-state index < -0.39 is 17.5 Å². The molecule has 0 atom stereocenters. The maximum absolute atomic E-state index is 12.8. The number of nitrogens with one attached hydrogen (secondary N) is 1. The number of anilines is 1. The molecule has 0 spiro atoms. The zero-order chi connectivity index (χ0) is 22.8. The number of rotatable bonds is 6. The minimum atomic E-state index is -0.716. The summed E-state index contributed by atoms with van der Waals surface area (Å²) >= 11 is 1.26. The molecular formula is C24H21NO6S. The molecule has 8 heteroatoms. The second-order valence-electron chi connectivity index (χ2n) is 7.61. The van der Waals surface area contributed by atoms with Crippen LogP contribution < -0.4 is 15.7 Å². The Morgan fingerprint density at radius 2 is 1.91 bits per heavy atom. The molecule has 0 fully saturated rings. The number of para-hydroxylation sites is 1. The second-order valence-corrected chi connectivity index (χ2v) is 8.66. The minimum Gasteiger partial charge on any atom is -0.491 e. The van der Waals surface area contributed by atoms with Crippen molar-refractivity contribution in [3.05, 3.63) is 69.4 Å². The molecule has 0 aliphatic rings. The number of hydrogen-bond donors (Lipinski definition) is 1. The van der Waals surface area contributed by atoms with Crippen LogP contribution in [0.15, 0.2) is 57.7 Å². The van der Waals surface area contributed by atoms with Crippen LogP contribution >= 0.6 is 11.3 Å². The van der Waals surface area contributed by atoms with Gasteiger partial charge in [0.15, 0.2) is 10.6 Å². The molecule has 164 valence electrons. The van der Waals surface area contributed by atoms with Crippen LogP contribution in [0.1, 0.15) is 33.9 Å². The summed E-state index contributed by atoms with van der Waals surface area (Å²) in [5, 5.41) is 4.06. The van der Waals surface area contributed by atoms with E-state index in [1.54, 1.807) is 42.5 Å². The second kappa shape index (κ2) is 8.84. The fraction of sp³-hybridized carbons (Fsp3) is 0.208. The molecule has 1 amide bonds. The van der Waals surface area contributed by atoms with Gasteiger partial charge in [-0.3, -0.25) is 4.79 Å². The lowest BCUT2D eigenvalue weighted by molar-refractivity contribution is 0.0601. The molecule has 2 aromatic carbocycles. The summed E-state index contributed by atoms with van der Waals surface area (Å²) in [5.41, 5.74) is 0.0575. The quantitative estimate of drug-likeness (QED) is 0.324. The number of hydrogen-bond acceptors (Lipinski definition) is 7. The van der Waals surface area contributed by atoms with Gasteiger partial charge in [-0.05, 0) is 36.2 Å². The summed E-state index contributed by atoms with van der Waals surface area (Å²) in [6.07, 6.45) is 0. The Balaban J connectivity index is 1.70. The van der Waals surface area contributed by atoms with E-state index in [2.05, 4.69) is 5.32 Å². The fourth-order valence-corrected chi connectivity index (χ4v) is 4.24. The van der Waals surface area contributed by atoms with Crippen molar-refractivity contribution >= 4 is 50.0 Å². The summed E-state index contributed by atoms with van der Waals surface area (Å²) in [5.74, 6) is -0.390. The van der Waals surface area contributed by atoms with Gasteiger partial charge >= 0.3 is 11.6 Å². The predicted molar refractivity (Wildman–Crippen MR) is 124 cm³/mol. The Morgan fingerprint density at radius 1 is 1.12 bits per heavy atom. The zero-order valence-electron chi connectivity index (χ0n) is 17.8. The zero-order valence-corrected chi connectivity index (χ0v) is 18.6. The summed E-state index contributed by atoms with van der Waals surface area (Å²) in [6.45, 7) is 4.44. The molecule has 0 unspecified atom stereocenters. The van der Waals surface area contributed by atoms with Crippen LogP contribution in [0.2, 0.25) is 0 Å². The summed E-state index contributed by atoms with van der Waals surface area (Å²) in [7, 11) is 1.32. The number of esters is 1. The lowest BCUT2D eigenvalue weighted by Crippen LogP contribution is -2.20. The highest BCUT2D eigenvalue weighted by molar-refractivity contribution is 7.21. The topological polar surface area (TPSA) is 94.8 Å². The Labute approximate surface area is 187 Å². The molecule has 4 rings (SSSR count). The van der Waals surface area contributed by atoms with Crippen LogP contribution in [0.5, 0.6) is 5.75 Å². The summed E-state index contributed by atoms with van der Waals surface area (Å²) in [4.78, 5) is 37.7. The third-order valence-corrected chi connectivity index (χ3v) is 5.85. The van der Waals surface area contributed by atoms with Crippen molar-refractivity contribution in [1.29, 1.82) is 0 Å². The number of carbonyl (C=O) groups is 2. The summed E-state index contributed by atoms with van der Waals surface area (Å²) in [6, 6.07) is 13.7. The van der Waals surface area contributed by atoms with E-state index in [0.29, 0.717) is 39.3 Å².